The van der Waals surface area contributed by atoms with Gasteiger partial charge in [-0.25, -0.2) is 13.6 Å². The van der Waals surface area contributed by atoms with Gasteiger partial charge in [-0.1, -0.05) is 0 Å². The fourth-order valence-corrected chi connectivity index (χ4v) is 2.32. The molecule has 1 aromatic rings. The molecule has 0 aromatic heterocycles. The number of halogens is 2. The van der Waals surface area contributed by atoms with Gasteiger partial charge in [0.05, 0.1) is 5.69 Å². The van der Waals surface area contributed by atoms with Gasteiger partial charge in [0.15, 0.2) is 0 Å². The molecule has 0 saturated carbocycles. The Morgan fingerprint density at radius 3 is 2.50 bits per heavy atom. The lowest BCUT2D eigenvalue weighted by atomic mass is 10.0. The van der Waals surface area contributed by atoms with Crippen LogP contribution in [0.5, 0.6) is 0 Å². The fraction of sp³-hybridized carbons (Fsp3) is 0.500. The Balaban J connectivity index is 1.90. The van der Waals surface area contributed by atoms with Crippen LogP contribution in [0, 0.1) is 11.6 Å². The van der Waals surface area contributed by atoms with Crippen LogP contribution in [0.4, 0.5) is 19.3 Å². The highest BCUT2D eigenvalue weighted by Crippen LogP contribution is 2.20. The van der Waals surface area contributed by atoms with E-state index in [-0.39, 0.29) is 12.1 Å². The van der Waals surface area contributed by atoms with Crippen molar-refractivity contribution in [2.24, 2.45) is 0 Å². The van der Waals surface area contributed by atoms with Gasteiger partial charge in [0.1, 0.15) is 11.6 Å². The Labute approximate surface area is 117 Å². The van der Waals surface area contributed by atoms with Crippen molar-refractivity contribution in [3.63, 3.8) is 0 Å². The topological polar surface area (TPSA) is 35.6 Å². The van der Waals surface area contributed by atoms with Crippen molar-refractivity contribution in [1.29, 1.82) is 0 Å². The lowest BCUT2D eigenvalue weighted by Gasteiger charge is -2.34. The van der Waals surface area contributed by atoms with E-state index in [2.05, 4.69) is 5.32 Å². The van der Waals surface area contributed by atoms with Gasteiger partial charge in [-0.05, 0) is 25.0 Å². The second-order valence-electron chi connectivity index (χ2n) is 5.21. The maximum Gasteiger partial charge on any atom is 0.319 e. The number of anilines is 1. The van der Waals surface area contributed by atoms with E-state index in [4.69, 9.17) is 0 Å². The largest absolute Gasteiger partial charge is 0.380 e. The number of likely N-dealkylation sites (tertiary alicyclic amines) is 1. The first-order valence-electron chi connectivity index (χ1n) is 6.65. The first kappa shape index (κ1) is 14.6. The molecule has 1 N–H and O–H groups in total. The zero-order valence-corrected chi connectivity index (χ0v) is 11.7. The zero-order chi connectivity index (χ0) is 14.7. The van der Waals surface area contributed by atoms with E-state index in [1.165, 1.54) is 12.1 Å². The summed E-state index contributed by atoms with van der Waals surface area (Å²) in [6.07, 6.45) is 1.49. The van der Waals surface area contributed by atoms with Crippen LogP contribution in [0.1, 0.15) is 12.8 Å². The monoisotopic (exact) mass is 283 g/mol. The lowest BCUT2D eigenvalue weighted by molar-refractivity contribution is 0.158. The van der Waals surface area contributed by atoms with Crippen LogP contribution < -0.4 is 5.32 Å². The van der Waals surface area contributed by atoms with Crippen molar-refractivity contribution in [1.82, 2.24) is 9.80 Å². The molecule has 1 fully saturated rings. The number of benzene rings is 1. The predicted octanol–water partition coefficient (Wildman–Crippen LogP) is 2.52. The second-order valence-corrected chi connectivity index (χ2v) is 5.21. The third kappa shape index (κ3) is 3.37. The molecular formula is C14H19F2N3O. The number of hydrogen-bond acceptors (Lipinski definition) is 2. The maximum atomic E-state index is 13.5. The third-order valence-corrected chi connectivity index (χ3v) is 3.44. The number of urea groups is 1. The Kier molecular flexibility index (Phi) is 4.42. The SMILES string of the molecule is CN(C)C(=O)N1CCC(Nc2ccc(F)cc2F)CC1. The number of carbonyl (C=O) groups is 1. The molecule has 4 nitrogen and oxygen atoms in total. The number of carbonyl (C=O) groups excluding carboxylic acids is 1. The van der Waals surface area contributed by atoms with Gasteiger partial charge >= 0.3 is 6.03 Å². The van der Waals surface area contributed by atoms with Crippen LogP contribution >= 0.6 is 0 Å². The number of rotatable bonds is 2. The molecule has 2 rings (SSSR count). The molecule has 0 unspecified atom stereocenters. The molecule has 110 valence electrons. The van der Waals surface area contributed by atoms with Gasteiger partial charge in [-0.3, -0.25) is 0 Å². The molecule has 1 aromatic carbocycles. The summed E-state index contributed by atoms with van der Waals surface area (Å²) in [7, 11) is 3.45. The van der Waals surface area contributed by atoms with Crippen molar-refractivity contribution >= 4 is 11.7 Å². The van der Waals surface area contributed by atoms with Gasteiger partial charge in [0.25, 0.3) is 0 Å². The average molecular weight is 283 g/mol. The molecule has 0 aliphatic carbocycles. The van der Waals surface area contributed by atoms with E-state index in [1.54, 1.807) is 23.9 Å². The highest BCUT2D eigenvalue weighted by molar-refractivity contribution is 5.73. The summed E-state index contributed by atoms with van der Waals surface area (Å²) in [6.45, 7) is 1.27. The summed E-state index contributed by atoms with van der Waals surface area (Å²) in [5, 5.41) is 3.07. The van der Waals surface area contributed by atoms with E-state index < -0.39 is 11.6 Å². The minimum Gasteiger partial charge on any atom is -0.380 e. The van der Waals surface area contributed by atoms with E-state index in [9.17, 15) is 13.6 Å². The fourth-order valence-electron chi connectivity index (χ4n) is 2.32. The number of nitrogens with zero attached hydrogens (tertiary/aromatic N) is 2. The Bertz CT molecular complexity index is 485. The minimum atomic E-state index is -0.586. The Morgan fingerprint density at radius 1 is 1.30 bits per heavy atom. The highest BCUT2D eigenvalue weighted by Gasteiger charge is 2.24. The Hall–Kier alpha value is -1.85. The number of nitrogens with one attached hydrogen (secondary N) is 1. The van der Waals surface area contributed by atoms with Gasteiger partial charge in [0, 0.05) is 39.3 Å². The van der Waals surface area contributed by atoms with Gasteiger partial charge in [-0.15, -0.1) is 0 Å². The molecule has 1 heterocycles. The van der Waals surface area contributed by atoms with Gasteiger partial charge < -0.3 is 15.1 Å². The maximum absolute atomic E-state index is 13.5. The van der Waals surface area contributed by atoms with Crippen LogP contribution in [0.25, 0.3) is 0 Å². The molecule has 2 amide bonds. The van der Waals surface area contributed by atoms with Crippen LogP contribution in [-0.4, -0.2) is 49.1 Å². The molecule has 0 spiro atoms. The summed E-state index contributed by atoms with van der Waals surface area (Å²) in [5.41, 5.74) is 0.309. The van der Waals surface area contributed by atoms with E-state index >= 15 is 0 Å². The molecule has 1 aliphatic heterocycles. The van der Waals surface area contributed by atoms with Crippen LogP contribution in [-0.2, 0) is 0 Å². The molecule has 20 heavy (non-hydrogen) atoms. The van der Waals surface area contributed by atoms with E-state index in [0.717, 1.165) is 18.9 Å². The molecule has 0 radical (unpaired) electrons. The minimum absolute atomic E-state index is 0.00332. The number of hydrogen-bond donors (Lipinski definition) is 1. The Morgan fingerprint density at radius 2 is 1.95 bits per heavy atom. The van der Waals surface area contributed by atoms with Crippen molar-refractivity contribution in [3.05, 3.63) is 29.8 Å². The van der Waals surface area contributed by atoms with Crippen molar-refractivity contribution in [2.75, 3.05) is 32.5 Å². The van der Waals surface area contributed by atoms with Crippen LogP contribution in [0.15, 0.2) is 18.2 Å². The predicted molar refractivity (Wildman–Crippen MR) is 73.7 cm³/mol. The molecule has 6 heteroatoms. The van der Waals surface area contributed by atoms with Crippen molar-refractivity contribution < 1.29 is 13.6 Å². The lowest BCUT2D eigenvalue weighted by Crippen LogP contribution is -2.46. The first-order chi connectivity index (χ1) is 9.47. The summed E-state index contributed by atoms with van der Waals surface area (Å²) in [4.78, 5) is 15.1. The first-order valence-corrected chi connectivity index (χ1v) is 6.65. The summed E-state index contributed by atoms with van der Waals surface area (Å²) in [5.74, 6) is -1.17. The zero-order valence-electron chi connectivity index (χ0n) is 11.7. The highest BCUT2D eigenvalue weighted by atomic mass is 19.1. The smallest absolute Gasteiger partial charge is 0.319 e. The average Bonchev–Trinajstić information content (AvgIpc) is 2.42. The quantitative estimate of drug-likeness (QED) is 0.905. The third-order valence-electron chi connectivity index (χ3n) is 3.44. The summed E-state index contributed by atoms with van der Waals surface area (Å²) >= 11 is 0. The van der Waals surface area contributed by atoms with E-state index in [1.807, 2.05) is 0 Å². The molecule has 0 atom stereocenters. The summed E-state index contributed by atoms with van der Waals surface area (Å²) in [6, 6.07) is 3.60. The van der Waals surface area contributed by atoms with Crippen LogP contribution in [0.2, 0.25) is 0 Å². The number of piperidine rings is 1. The van der Waals surface area contributed by atoms with Gasteiger partial charge in [-0.2, -0.15) is 0 Å². The molecule has 1 saturated heterocycles. The van der Waals surface area contributed by atoms with Crippen molar-refractivity contribution in [2.45, 2.75) is 18.9 Å². The van der Waals surface area contributed by atoms with Crippen molar-refractivity contribution in [3.8, 4) is 0 Å². The molecule has 0 bridgehead atoms. The normalized spacial score (nSPS) is 16.1. The molecular weight excluding hydrogens is 264 g/mol. The van der Waals surface area contributed by atoms with Gasteiger partial charge in [0.2, 0.25) is 0 Å². The second kappa shape index (κ2) is 6.07. The van der Waals surface area contributed by atoms with E-state index in [0.29, 0.717) is 18.8 Å². The number of amides is 2. The molecule has 1 aliphatic rings. The standard InChI is InChI=1S/C14H19F2N3O/c1-18(2)14(20)19-7-5-11(6-8-19)17-13-4-3-10(15)9-12(13)16/h3-4,9,11,17H,5-8H2,1-2H3. The summed E-state index contributed by atoms with van der Waals surface area (Å²) < 4.78 is 26.4. The van der Waals surface area contributed by atoms with Crippen LogP contribution in [0.3, 0.4) is 0 Å².